The van der Waals surface area contributed by atoms with Gasteiger partial charge in [0.2, 0.25) is 0 Å². The second-order valence-corrected chi connectivity index (χ2v) is 3.70. The second-order valence-electron chi connectivity index (χ2n) is 2.89. The molecule has 0 N–H and O–H groups in total. The average molecular weight is 222 g/mol. The van der Waals surface area contributed by atoms with Crippen molar-refractivity contribution in [3.05, 3.63) is 53.3 Å². The Morgan fingerprint density at radius 2 is 1.86 bits per heavy atom. The van der Waals surface area contributed by atoms with Crippen LogP contribution in [0.5, 0.6) is 0 Å². The van der Waals surface area contributed by atoms with Crippen LogP contribution in [0.1, 0.15) is 11.3 Å². The molecule has 14 heavy (non-hydrogen) atoms. The zero-order valence-electron chi connectivity index (χ0n) is 7.09. The van der Waals surface area contributed by atoms with Crippen LogP contribution in [0.25, 0.3) is 10.9 Å². The molecule has 0 aliphatic carbocycles. The summed E-state index contributed by atoms with van der Waals surface area (Å²) in [5.41, 5.74) is 1.18. The number of halogens is 2. The standard InChI is InChI=1S/C11H5Cl2N/c1-6-7(2)14-10-5-8(12)3-4-9(10)11(6)13/h1-5H. The van der Waals surface area contributed by atoms with Crippen molar-refractivity contribution in [1.82, 2.24) is 4.98 Å². The number of nitrogens with zero attached hydrogens (tertiary/aromatic N) is 1. The predicted molar refractivity (Wildman–Crippen MR) is 58.6 cm³/mol. The molecule has 0 unspecified atom stereocenters. The number of pyridine rings is 1. The van der Waals surface area contributed by atoms with Crippen LogP contribution in [0, 0.1) is 13.8 Å². The summed E-state index contributed by atoms with van der Waals surface area (Å²) in [6, 6.07) is 5.19. The predicted octanol–water partition coefficient (Wildman–Crippen LogP) is 3.66. The van der Waals surface area contributed by atoms with Crippen molar-refractivity contribution < 1.29 is 0 Å². The fourth-order valence-corrected chi connectivity index (χ4v) is 1.65. The third kappa shape index (κ3) is 1.47. The Bertz CT molecular complexity index is 506. The van der Waals surface area contributed by atoms with Crippen LogP contribution in [0.15, 0.2) is 18.2 Å². The van der Waals surface area contributed by atoms with Crippen molar-refractivity contribution in [2.45, 2.75) is 0 Å². The van der Waals surface area contributed by atoms with E-state index in [1.165, 1.54) is 0 Å². The highest BCUT2D eigenvalue weighted by Crippen LogP contribution is 2.28. The Morgan fingerprint density at radius 1 is 1.14 bits per heavy atom. The van der Waals surface area contributed by atoms with Gasteiger partial charge in [0.1, 0.15) is 0 Å². The summed E-state index contributed by atoms with van der Waals surface area (Å²) in [5.74, 6) is 0. The first-order chi connectivity index (χ1) is 6.59. The molecule has 0 fully saturated rings. The van der Waals surface area contributed by atoms with Crippen molar-refractivity contribution in [2.24, 2.45) is 0 Å². The van der Waals surface area contributed by atoms with E-state index in [2.05, 4.69) is 4.98 Å². The van der Waals surface area contributed by atoms with E-state index in [1.807, 2.05) is 0 Å². The zero-order chi connectivity index (χ0) is 10.3. The van der Waals surface area contributed by atoms with Gasteiger partial charge in [-0.05, 0) is 23.8 Å². The average Bonchev–Trinajstić information content (AvgIpc) is 2.14. The summed E-state index contributed by atoms with van der Waals surface area (Å²) in [4.78, 5) is 4.08. The van der Waals surface area contributed by atoms with Crippen molar-refractivity contribution in [3.63, 3.8) is 0 Å². The highest BCUT2D eigenvalue weighted by Gasteiger charge is 2.07. The van der Waals surface area contributed by atoms with Crippen LogP contribution < -0.4 is 0 Å². The molecule has 0 spiro atoms. The van der Waals surface area contributed by atoms with Crippen LogP contribution in [0.4, 0.5) is 0 Å². The monoisotopic (exact) mass is 221 g/mol. The Labute approximate surface area is 92.7 Å². The minimum atomic E-state index is 0.227. The Balaban J connectivity index is 2.91. The van der Waals surface area contributed by atoms with E-state index in [0.717, 1.165) is 5.39 Å². The molecule has 0 saturated heterocycles. The molecule has 0 saturated carbocycles. The maximum atomic E-state index is 6.00. The van der Waals surface area contributed by atoms with E-state index >= 15 is 0 Å². The molecule has 4 radical (unpaired) electrons. The van der Waals surface area contributed by atoms with Gasteiger partial charge >= 0.3 is 0 Å². The minimum absolute atomic E-state index is 0.227. The van der Waals surface area contributed by atoms with Gasteiger partial charge in [-0.3, -0.25) is 4.98 Å². The summed E-state index contributed by atoms with van der Waals surface area (Å²) < 4.78 is 0. The van der Waals surface area contributed by atoms with Crippen LogP contribution in [0.3, 0.4) is 0 Å². The molecular weight excluding hydrogens is 217 g/mol. The van der Waals surface area contributed by atoms with Crippen LogP contribution in [0.2, 0.25) is 10.0 Å². The molecule has 0 atom stereocenters. The largest absolute Gasteiger partial charge is 0.252 e. The number of fused-ring (bicyclic) bond motifs is 1. The maximum absolute atomic E-state index is 6.00. The molecular formula is C11H5Cl2N. The highest BCUT2D eigenvalue weighted by molar-refractivity contribution is 6.37. The zero-order valence-corrected chi connectivity index (χ0v) is 8.60. The van der Waals surface area contributed by atoms with Crippen LogP contribution in [-0.2, 0) is 0 Å². The molecule has 0 bridgehead atoms. The van der Waals surface area contributed by atoms with Gasteiger partial charge in [-0.25, -0.2) is 0 Å². The van der Waals surface area contributed by atoms with Gasteiger partial charge in [-0.1, -0.05) is 23.2 Å². The first-order valence-corrected chi connectivity index (χ1v) is 4.65. The molecule has 68 valence electrons. The lowest BCUT2D eigenvalue weighted by molar-refractivity contribution is 1.31. The first-order valence-electron chi connectivity index (χ1n) is 3.89. The number of benzene rings is 1. The minimum Gasteiger partial charge on any atom is -0.252 e. The van der Waals surface area contributed by atoms with Gasteiger partial charge in [-0.15, -0.1) is 0 Å². The normalized spacial score (nSPS) is 10.9. The molecule has 1 heterocycles. The Hall–Kier alpha value is -0.790. The van der Waals surface area contributed by atoms with Crippen molar-refractivity contribution in [2.75, 3.05) is 0 Å². The number of rotatable bonds is 0. The van der Waals surface area contributed by atoms with Crippen LogP contribution in [-0.4, -0.2) is 4.98 Å². The van der Waals surface area contributed by atoms with Gasteiger partial charge in [0.05, 0.1) is 16.2 Å². The lowest BCUT2D eigenvalue weighted by Gasteiger charge is -2.06. The van der Waals surface area contributed by atoms with Gasteiger partial charge in [-0.2, -0.15) is 0 Å². The number of hydrogen-bond acceptors (Lipinski definition) is 1. The summed E-state index contributed by atoms with van der Waals surface area (Å²) in [6.45, 7) is 11.2. The molecule has 1 aromatic carbocycles. The number of aromatic nitrogens is 1. The number of hydrogen-bond donors (Lipinski definition) is 0. The molecule has 2 rings (SSSR count). The van der Waals surface area contributed by atoms with E-state index < -0.39 is 0 Å². The molecule has 1 nitrogen and oxygen atoms in total. The third-order valence-corrected chi connectivity index (χ3v) is 2.59. The van der Waals surface area contributed by atoms with E-state index in [0.29, 0.717) is 21.1 Å². The fraction of sp³-hybridized carbons (Fsp3) is 0. The summed E-state index contributed by atoms with van der Waals surface area (Å²) in [5, 5.41) is 1.76. The lowest BCUT2D eigenvalue weighted by atomic mass is 10.1. The lowest BCUT2D eigenvalue weighted by Crippen LogP contribution is -1.90. The molecule has 0 amide bonds. The van der Waals surface area contributed by atoms with Crippen molar-refractivity contribution in [1.29, 1.82) is 0 Å². The second kappa shape index (κ2) is 3.41. The molecule has 3 heteroatoms. The topological polar surface area (TPSA) is 12.9 Å². The molecule has 0 aliphatic heterocycles. The summed E-state index contributed by atoms with van der Waals surface area (Å²) in [7, 11) is 0. The Morgan fingerprint density at radius 3 is 2.57 bits per heavy atom. The first kappa shape index (κ1) is 9.75. The Kier molecular flexibility index (Phi) is 2.38. The van der Waals surface area contributed by atoms with Gasteiger partial charge in [0.15, 0.2) is 0 Å². The van der Waals surface area contributed by atoms with E-state index in [4.69, 9.17) is 37.0 Å². The smallest absolute Gasteiger partial charge is 0.0735 e. The molecule has 1 aromatic heterocycles. The molecule has 0 aliphatic rings. The van der Waals surface area contributed by atoms with E-state index in [1.54, 1.807) is 18.2 Å². The SMILES string of the molecule is [CH]c1nc2cc(Cl)ccc2c(Cl)c1[CH]. The maximum Gasteiger partial charge on any atom is 0.0735 e. The molecule has 2 aromatic rings. The van der Waals surface area contributed by atoms with Gasteiger partial charge in [0, 0.05) is 24.3 Å². The fourth-order valence-electron chi connectivity index (χ4n) is 1.23. The highest BCUT2D eigenvalue weighted by atomic mass is 35.5. The van der Waals surface area contributed by atoms with E-state index in [-0.39, 0.29) is 5.69 Å². The summed E-state index contributed by atoms with van der Waals surface area (Å²) >= 11 is 11.8. The van der Waals surface area contributed by atoms with Crippen molar-refractivity contribution >= 4 is 34.1 Å². The quantitative estimate of drug-likeness (QED) is 0.662. The third-order valence-electron chi connectivity index (χ3n) is 1.95. The van der Waals surface area contributed by atoms with Gasteiger partial charge < -0.3 is 0 Å². The van der Waals surface area contributed by atoms with E-state index in [9.17, 15) is 0 Å². The van der Waals surface area contributed by atoms with Crippen molar-refractivity contribution in [3.8, 4) is 0 Å². The van der Waals surface area contributed by atoms with Crippen LogP contribution >= 0.6 is 23.2 Å². The van der Waals surface area contributed by atoms with Gasteiger partial charge in [0.25, 0.3) is 0 Å². The summed E-state index contributed by atoms with van der Waals surface area (Å²) in [6.07, 6.45) is 0.